The van der Waals surface area contributed by atoms with Crippen LogP contribution in [0.15, 0.2) is 0 Å². The topological polar surface area (TPSA) is 12.0 Å². The van der Waals surface area contributed by atoms with Gasteiger partial charge in [0.1, 0.15) is 0 Å². The minimum Gasteiger partial charge on any atom is -0.314 e. The van der Waals surface area contributed by atoms with Gasteiger partial charge in [0, 0.05) is 12.6 Å². The van der Waals surface area contributed by atoms with E-state index in [0.29, 0.717) is 6.04 Å². The fourth-order valence-corrected chi connectivity index (χ4v) is 2.88. The zero-order chi connectivity index (χ0) is 10.0. The molecule has 0 aromatic heterocycles. The molecule has 2 aliphatic carbocycles. The van der Waals surface area contributed by atoms with Crippen LogP contribution in [0.2, 0.25) is 0 Å². The Kier molecular flexibility index (Phi) is 3.16. The van der Waals surface area contributed by atoms with Crippen molar-refractivity contribution < 1.29 is 0 Å². The van der Waals surface area contributed by atoms with Crippen LogP contribution in [-0.4, -0.2) is 12.6 Å². The number of nitrogens with one attached hydrogen (secondary N) is 1. The van der Waals surface area contributed by atoms with Gasteiger partial charge in [-0.25, -0.2) is 0 Å². The fourth-order valence-electron chi connectivity index (χ4n) is 2.88. The first-order valence-electron chi connectivity index (χ1n) is 6.44. The maximum atomic E-state index is 3.62. The van der Waals surface area contributed by atoms with Crippen molar-refractivity contribution in [3.63, 3.8) is 0 Å². The van der Waals surface area contributed by atoms with Crippen LogP contribution < -0.4 is 5.32 Å². The standard InChI is InChI=1S/C13H25N/c1-11(2)14-10-13(7-8-13)9-12-5-3-4-6-12/h11-12,14H,3-10H2,1-2H3. The van der Waals surface area contributed by atoms with E-state index in [1.165, 1.54) is 51.5 Å². The molecule has 1 N–H and O–H groups in total. The smallest absolute Gasteiger partial charge is 0.00106 e. The molecule has 0 saturated heterocycles. The average Bonchev–Trinajstić information content (AvgIpc) is 2.70. The normalized spacial score (nSPS) is 25.9. The third-order valence-electron chi connectivity index (χ3n) is 4.04. The van der Waals surface area contributed by atoms with Crippen molar-refractivity contribution in [1.29, 1.82) is 0 Å². The Hall–Kier alpha value is -0.0400. The summed E-state index contributed by atoms with van der Waals surface area (Å²) in [5.74, 6) is 1.08. The summed E-state index contributed by atoms with van der Waals surface area (Å²) in [7, 11) is 0. The molecule has 14 heavy (non-hydrogen) atoms. The summed E-state index contributed by atoms with van der Waals surface area (Å²) in [6.07, 6.45) is 10.5. The van der Waals surface area contributed by atoms with E-state index in [-0.39, 0.29) is 0 Å². The minimum atomic E-state index is 0.663. The predicted molar refractivity (Wildman–Crippen MR) is 61.4 cm³/mol. The molecule has 1 heteroatoms. The first-order valence-corrected chi connectivity index (χ1v) is 6.44. The first-order chi connectivity index (χ1) is 6.70. The summed E-state index contributed by atoms with van der Waals surface area (Å²) in [6.45, 7) is 5.79. The summed E-state index contributed by atoms with van der Waals surface area (Å²) in [5, 5.41) is 3.62. The molecular weight excluding hydrogens is 170 g/mol. The molecule has 0 spiro atoms. The molecule has 1 nitrogen and oxygen atoms in total. The number of hydrogen-bond acceptors (Lipinski definition) is 1. The molecule has 2 aliphatic rings. The van der Waals surface area contributed by atoms with Crippen molar-refractivity contribution >= 4 is 0 Å². The maximum absolute atomic E-state index is 3.62. The number of rotatable bonds is 5. The number of hydrogen-bond donors (Lipinski definition) is 1. The van der Waals surface area contributed by atoms with Gasteiger partial charge in [-0.2, -0.15) is 0 Å². The molecule has 2 fully saturated rings. The highest BCUT2D eigenvalue weighted by Crippen LogP contribution is 2.52. The van der Waals surface area contributed by atoms with Gasteiger partial charge in [0.2, 0.25) is 0 Å². The van der Waals surface area contributed by atoms with Crippen LogP contribution in [0, 0.1) is 11.3 Å². The van der Waals surface area contributed by atoms with Gasteiger partial charge in [0.05, 0.1) is 0 Å². The van der Waals surface area contributed by atoms with Crippen LogP contribution in [0.1, 0.15) is 58.8 Å². The SMILES string of the molecule is CC(C)NCC1(CC2CCCC2)CC1. The van der Waals surface area contributed by atoms with Gasteiger partial charge < -0.3 is 5.32 Å². The van der Waals surface area contributed by atoms with Gasteiger partial charge in [-0.1, -0.05) is 39.5 Å². The van der Waals surface area contributed by atoms with Crippen molar-refractivity contribution in [3.05, 3.63) is 0 Å². The molecule has 0 amide bonds. The molecule has 0 atom stereocenters. The summed E-state index contributed by atoms with van der Waals surface area (Å²) >= 11 is 0. The lowest BCUT2D eigenvalue weighted by molar-refractivity contribution is 0.331. The van der Waals surface area contributed by atoms with Crippen LogP contribution in [-0.2, 0) is 0 Å². The fraction of sp³-hybridized carbons (Fsp3) is 1.00. The third-order valence-corrected chi connectivity index (χ3v) is 4.04. The molecule has 0 bridgehead atoms. The lowest BCUT2D eigenvalue weighted by atomic mass is 9.90. The largest absolute Gasteiger partial charge is 0.314 e. The van der Waals surface area contributed by atoms with Crippen LogP contribution in [0.4, 0.5) is 0 Å². The van der Waals surface area contributed by atoms with Gasteiger partial charge in [-0.3, -0.25) is 0 Å². The van der Waals surface area contributed by atoms with Gasteiger partial charge in [0.25, 0.3) is 0 Å². The zero-order valence-corrected chi connectivity index (χ0v) is 9.81. The molecule has 0 aromatic carbocycles. The van der Waals surface area contributed by atoms with Crippen LogP contribution >= 0.6 is 0 Å². The quantitative estimate of drug-likeness (QED) is 0.709. The third kappa shape index (κ3) is 2.73. The Balaban J connectivity index is 1.72. The molecule has 0 radical (unpaired) electrons. The highest BCUT2D eigenvalue weighted by Gasteiger charge is 2.43. The van der Waals surface area contributed by atoms with E-state index in [1.807, 2.05) is 0 Å². The first kappa shape index (κ1) is 10.5. The summed E-state index contributed by atoms with van der Waals surface area (Å²) in [5.41, 5.74) is 0.735. The van der Waals surface area contributed by atoms with Gasteiger partial charge in [-0.15, -0.1) is 0 Å². The molecular formula is C13H25N. The second-order valence-electron chi connectivity index (χ2n) is 5.89. The second kappa shape index (κ2) is 4.22. The Morgan fingerprint density at radius 3 is 2.36 bits per heavy atom. The van der Waals surface area contributed by atoms with Crippen molar-refractivity contribution in [2.45, 2.75) is 64.8 Å². The highest BCUT2D eigenvalue weighted by atomic mass is 14.9. The molecule has 2 saturated carbocycles. The average molecular weight is 195 g/mol. The van der Waals surface area contributed by atoms with Crippen LogP contribution in [0.3, 0.4) is 0 Å². The van der Waals surface area contributed by atoms with E-state index >= 15 is 0 Å². The van der Waals surface area contributed by atoms with Crippen molar-refractivity contribution in [2.24, 2.45) is 11.3 Å². The Labute approximate surface area is 88.7 Å². The summed E-state index contributed by atoms with van der Waals surface area (Å²) in [4.78, 5) is 0. The van der Waals surface area contributed by atoms with Crippen molar-refractivity contribution in [2.75, 3.05) is 6.54 Å². The van der Waals surface area contributed by atoms with Crippen LogP contribution in [0.5, 0.6) is 0 Å². The second-order valence-corrected chi connectivity index (χ2v) is 5.89. The highest BCUT2D eigenvalue weighted by molar-refractivity contribution is 4.97. The van der Waals surface area contributed by atoms with Crippen molar-refractivity contribution in [3.8, 4) is 0 Å². The molecule has 0 aromatic rings. The predicted octanol–water partition coefficient (Wildman–Crippen LogP) is 3.34. The van der Waals surface area contributed by atoms with Gasteiger partial charge in [-0.05, 0) is 30.6 Å². The Morgan fingerprint density at radius 2 is 1.86 bits per heavy atom. The van der Waals surface area contributed by atoms with Gasteiger partial charge in [0.15, 0.2) is 0 Å². The lowest BCUT2D eigenvalue weighted by Crippen LogP contribution is -2.30. The van der Waals surface area contributed by atoms with E-state index in [0.717, 1.165) is 11.3 Å². The van der Waals surface area contributed by atoms with E-state index < -0.39 is 0 Å². The molecule has 0 aliphatic heterocycles. The summed E-state index contributed by atoms with van der Waals surface area (Å²) < 4.78 is 0. The Morgan fingerprint density at radius 1 is 1.21 bits per heavy atom. The van der Waals surface area contributed by atoms with E-state index in [4.69, 9.17) is 0 Å². The zero-order valence-electron chi connectivity index (χ0n) is 9.81. The molecule has 0 heterocycles. The maximum Gasteiger partial charge on any atom is 0.00106 e. The molecule has 0 unspecified atom stereocenters. The monoisotopic (exact) mass is 195 g/mol. The Bertz CT molecular complexity index is 176. The van der Waals surface area contributed by atoms with Crippen LogP contribution in [0.25, 0.3) is 0 Å². The van der Waals surface area contributed by atoms with E-state index in [2.05, 4.69) is 19.2 Å². The van der Waals surface area contributed by atoms with Crippen molar-refractivity contribution in [1.82, 2.24) is 5.32 Å². The summed E-state index contributed by atoms with van der Waals surface area (Å²) in [6, 6.07) is 0.663. The van der Waals surface area contributed by atoms with E-state index in [9.17, 15) is 0 Å². The molecule has 82 valence electrons. The minimum absolute atomic E-state index is 0.663. The van der Waals surface area contributed by atoms with Gasteiger partial charge >= 0.3 is 0 Å². The molecule has 2 rings (SSSR count). The lowest BCUT2D eigenvalue weighted by Gasteiger charge is -2.21. The van der Waals surface area contributed by atoms with E-state index in [1.54, 1.807) is 0 Å².